The van der Waals surface area contributed by atoms with Crippen molar-refractivity contribution in [3.05, 3.63) is 52.8 Å². The van der Waals surface area contributed by atoms with Crippen LogP contribution in [0.4, 0.5) is 5.69 Å². The standard InChI is InChI=1S/C21H25ClN4O4.C2H4O2/c1-13(27)24-18-10-20(30-2)15(9-16(18)22)21(29)25-17-6-8-26(12-19(17)28)11-14-5-3-4-7-23-14;1-2(3)4/h3-5,7,9-10,17,19,28H,6,8,11-12H2,1-2H3,(H,24,27)(H,25,29);1H3,(H,3,4)/t17-,19+;/m1./s1. The number of aliphatic carboxylic acids is 1. The summed E-state index contributed by atoms with van der Waals surface area (Å²) in [5.41, 5.74) is 1.53. The number of benzene rings is 1. The molecule has 2 heterocycles. The number of carboxylic acids is 1. The number of halogens is 1. The fourth-order valence-corrected chi connectivity index (χ4v) is 3.67. The number of hydrogen-bond donors (Lipinski definition) is 4. The Kier molecular flexibility index (Phi) is 10.2. The van der Waals surface area contributed by atoms with Crippen molar-refractivity contribution in [1.82, 2.24) is 15.2 Å². The van der Waals surface area contributed by atoms with E-state index in [1.54, 1.807) is 6.20 Å². The van der Waals surface area contributed by atoms with Crippen LogP contribution < -0.4 is 15.4 Å². The van der Waals surface area contributed by atoms with Crippen molar-refractivity contribution in [1.29, 1.82) is 0 Å². The summed E-state index contributed by atoms with van der Waals surface area (Å²) < 4.78 is 5.29. The lowest BCUT2D eigenvalue weighted by atomic mass is 10.0. The molecule has 2 amide bonds. The number of aliphatic hydroxyl groups is 1. The summed E-state index contributed by atoms with van der Waals surface area (Å²) in [4.78, 5) is 39.5. The predicted octanol–water partition coefficient (Wildman–Crippen LogP) is 2.16. The van der Waals surface area contributed by atoms with Crippen molar-refractivity contribution in [2.45, 2.75) is 39.0 Å². The molecule has 1 fully saturated rings. The minimum absolute atomic E-state index is 0.224. The number of aromatic nitrogens is 1. The number of carbonyl (C=O) groups is 3. The fraction of sp³-hybridized carbons (Fsp3) is 0.391. The van der Waals surface area contributed by atoms with Crippen molar-refractivity contribution in [2.24, 2.45) is 0 Å². The number of likely N-dealkylation sites (tertiary alicyclic amines) is 1. The summed E-state index contributed by atoms with van der Waals surface area (Å²) in [7, 11) is 1.43. The number of aliphatic hydroxyl groups excluding tert-OH is 1. The van der Waals surface area contributed by atoms with Gasteiger partial charge in [-0.15, -0.1) is 0 Å². The first-order valence-corrected chi connectivity index (χ1v) is 10.9. The Morgan fingerprint density at radius 3 is 2.53 bits per heavy atom. The SMILES string of the molecule is CC(=O)O.COc1cc(NC(C)=O)c(Cl)cc1C(=O)N[C@@H]1CCN(Cc2ccccn2)C[C@@H]1O. The Morgan fingerprint density at radius 1 is 1.26 bits per heavy atom. The summed E-state index contributed by atoms with van der Waals surface area (Å²) in [5, 5.41) is 23.7. The van der Waals surface area contributed by atoms with Gasteiger partial charge in [-0.05, 0) is 24.6 Å². The molecule has 0 saturated carbocycles. The zero-order valence-electron chi connectivity index (χ0n) is 19.2. The lowest BCUT2D eigenvalue weighted by Gasteiger charge is -2.36. The smallest absolute Gasteiger partial charge is 0.300 e. The second-order valence-electron chi connectivity index (χ2n) is 7.72. The average Bonchev–Trinajstić information content (AvgIpc) is 2.76. The fourth-order valence-electron chi connectivity index (χ4n) is 3.46. The largest absolute Gasteiger partial charge is 0.496 e. The van der Waals surface area contributed by atoms with E-state index in [0.717, 1.165) is 19.2 Å². The number of hydrogen-bond acceptors (Lipinski definition) is 7. The Hall–Kier alpha value is -3.21. The zero-order chi connectivity index (χ0) is 25.3. The van der Waals surface area contributed by atoms with E-state index in [0.29, 0.717) is 25.2 Å². The first kappa shape index (κ1) is 27.0. The van der Waals surface area contributed by atoms with Crippen molar-refractivity contribution >= 4 is 35.1 Å². The topological polar surface area (TPSA) is 141 Å². The molecule has 0 spiro atoms. The monoisotopic (exact) mass is 492 g/mol. The number of anilines is 1. The van der Waals surface area contributed by atoms with E-state index in [1.807, 2.05) is 18.2 Å². The summed E-state index contributed by atoms with van der Waals surface area (Å²) in [6, 6.07) is 8.30. The molecule has 4 N–H and O–H groups in total. The van der Waals surface area contributed by atoms with Gasteiger partial charge in [0.2, 0.25) is 5.91 Å². The zero-order valence-corrected chi connectivity index (χ0v) is 20.0. The minimum Gasteiger partial charge on any atom is -0.496 e. The molecule has 0 unspecified atom stereocenters. The summed E-state index contributed by atoms with van der Waals surface area (Å²) in [6.07, 6.45) is 1.63. The van der Waals surface area contributed by atoms with E-state index in [2.05, 4.69) is 20.5 Å². The predicted molar refractivity (Wildman–Crippen MR) is 127 cm³/mol. The molecule has 1 aliphatic rings. The molecule has 1 aromatic heterocycles. The number of rotatable bonds is 6. The van der Waals surface area contributed by atoms with Crippen LogP contribution in [-0.4, -0.2) is 70.2 Å². The molecule has 0 bridgehead atoms. The highest BCUT2D eigenvalue weighted by molar-refractivity contribution is 6.34. The van der Waals surface area contributed by atoms with Gasteiger partial charge in [0.1, 0.15) is 5.75 Å². The average molecular weight is 493 g/mol. The van der Waals surface area contributed by atoms with Gasteiger partial charge in [0, 0.05) is 45.7 Å². The van der Waals surface area contributed by atoms with E-state index < -0.39 is 24.0 Å². The summed E-state index contributed by atoms with van der Waals surface area (Å²) in [5.74, 6) is -1.23. The van der Waals surface area contributed by atoms with Crippen LogP contribution in [0.25, 0.3) is 0 Å². The third-order valence-electron chi connectivity index (χ3n) is 4.94. The van der Waals surface area contributed by atoms with Crippen LogP contribution >= 0.6 is 11.6 Å². The summed E-state index contributed by atoms with van der Waals surface area (Å²) in [6.45, 7) is 4.25. The van der Waals surface area contributed by atoms with Gasteiger partial charge in [-0.3, -0.25) is 24.3 Å². The van der Waals surface area contributed by atoms with E-state index in [4.69, 9.17) is 26.2 Å². The number of amides is 2. The van der Waals surface area contributed by atoms with Gasteiger partial charge < -0.3 is 25.6 Å². The van der Waals surface area contributed by atoms with Crippen LogP contribution in [0.2, 0.25) is 5.02 Å². The lowest BCUT2D eigenvalue weighted by molar-refractivity contribution is -0.134. The molecule has 2 atom stereocenters. The third kappa shape index (κ3) is 8.29. The van der Waals surface area contributed by atoms with E-state index in [-0.39, 0.29) is 22.2 Å². The molecule has 184 valence electrons. The Morgan fingerprint density at radius 2 is 1.97 bits per heavy atom. The van der Waals surface area contributed by atoms with Crippen LogP contribution in [-0.2, 0) is 16.1 Å². The molecule has 0 radical (unpaired) electrons. The molecule has 2 aromatic rings. The van der Waals surface area contributed by atoms with Crippen molar-refractivity contribution in [3.63, 3.8) is 0 Å². The normalized spacial score (nSPS) is 17.7. The quantitative estimate of drug-likeness (QED) is 0.480. The molecular weight excluding hydrogens is 464 g/mol. The van der Waals surface area contributed by atoms with Crippen LogP contribution in [0.15, 0.2) is 36.5 Å². The number of methoxy groups -OCH3 is 1. The highest BCUT2D eigenvalue weighted by atomic mass is 35.5. The Labute approximate surface area is 202 Å². The first-order chi connectivity index (χ1) is 16.1. The maximum absolute atomic E-state index is 12.8. The third-order valence-corrected chi connectivity index (χ3v) is 5.25. The van der Waals surface area contributed by atoms with Gasteiger partial charge in [-0.25, -0.2) is 0 Å². The van der Waals surface area contributed by atoms with Crippen LogP contribution in [0.1, 0.15) is 36.3 Å². The molecule has 10 nitrogen and oxygen atoms in total. The van der Waals surface area contributed by atoms with Gasteiger partial charge in [-0.1, -0.05) is 17.7 Å². The Balaban J connectivity index is 0.000000945. The van der Waals surface area contributed by atoms with Gasteiger partial charge in [0.05, 0.1) is 41.2 Å². The second kappa shape index (κ2) is 12.9. The maximum Gasteiger partial charge on any atom is 0.300 e. The number of piperidine rings is 1. The lowest BCUT2D eigenvalue weighted by Crippen LogP contribution is -2.53. The molecule has 11 heteroatoms. The minimum atomic E-state index is -0.833. The Bertz CT molecular complexity index is 1000. The van der Waals surface area contributed by atoms with Crippen molar-refractivity contribution in [2.75, 3.05) is 25.5 Å². The number of carbonyl (C=O) groups excluding carboxylic acids is 2. The summed E-state index contributed by atoms with van der Waals surface area (Å²) >= 11 is 6.20. The molecule has 34 heavy (non-hydrogen) atoms. The number of ether oxygens (including phenoxy) is 1. The number of β-amino-alcohol motifs (C(OH)–C–C–N with tert-alkyl or cyclic N) is 1. The van der Waals surface area contributed by atoms with Crippen molar-refractivity contribution < 1.29 is 29.3 Å². The van der Waals surface area contributed by atoms with Gasteiger partial charge in [0.15, 0.2) is 0 Å². The van der Waals surface area contributed by atoms with E-state index in [9.17, 15) is 14.7 Å². The van der Waals surface area contributed by atoms with Gasteiger partial charge in [0.25, 0.3) is 11.9 Å². The maximum atomic E-state index is 12.8. The van der Waals surface area contributed by atoms with E-state index in [1.165, 1.54) is 26.2 Å². The van der Waals surface area contributed by atoms with Crippen molar-refractivity contribution in [3.8, 4) is 5.75 Å². The number of pyridine rings is 1. The highest BCUT2D eigenvalue weighted by Gasteiger charge is 2.30. The molecule has 1 saturated heterocycles. The number of nitrogens with zero attached hydrogens (tertiary/aromatic N) is 2. The molecular formula is C23H29ClN4O6. The van der Waals surface area contributed by atoms with E-state index >= 15 is 0 Å². The molecule has 3 rings (SSSR count). The number of carboxylic acid groups (broad SMARTS) is 1. The second-order valence-corrected chi connectivity index (χ2v) is 8.13. The van der Waals surface area contributed by atoms with Crippen LogP contribution in [0.5, 0.6) is 5.75 Å². The van der Waals surface area contributed by atoms with Crippen LogP contribution in [0, 0.1) is 0 Å². The molecule has 1 aromatic carbocycles. The molecule has 1 aliphatic heterocycles. The highest BCUT2D eigenvalue weighted by Crippen LogP contribution is 2.31. The number of nitrogens with one attached hydrogen (secondary N) is 2. The van der Waals surface area contributed by atoms with Gasteiger partial charge in [-0.2, -0.15) is 0 Å². The molecule has 0 aliphatic carbocycles. The van der Waals surface area contributed by atoms with Gasteiger partial charge >= 0.3 is 0 Å². The first-order valence-electron chi connectivity index (χ1n) is 10.6. The van der Waals surface area contributed by atoms with Crippen LogP contribution in [0.3, 0.4) is 0 Å².